The van der Waals surface area contributed by atoms with Gasteiger partial charge in [-0.1, -0.05) is 18.2 Å². The van der Waals surface area contributed by atoms with Gasteiger partial charge in [0.2, 0.25) is 0 Å². The maximum absolute atomic E-state index is 5.19. The number of hydrogen-bond donors (Lipinski definition) is 2. The molecule has 5 heteroatoms. The lowest BCUT2D eigenvalue weighted by Gasteiger charge is -2.02. The van der Waals surface area contributed by atoms with Gasteiger partial charge >= 0.3 is 0 Å². The topological polar surface area (TPSA) is 59.6 Å². The second-order valence-corrected chi connectivity index (χ2v) is 3.30. The summed E-state index contributed by atoms with van der Waals surface area (Å²) in [7, 11) is 1.63. The van der Waals surface area contributed by atoms with Crippen LogP contribution in [0.15, 0.2) is 35.4 Å². The molecule has 0 aliphatic carbocycles. The van der Waals surface area contributed by atoms with Crippen molar-refractivity contribution in [3.8, 4) is 5.75 Å². The predicted molar refractivity (Wildman–Crippen MR) is 70.4 cm³/mol. The Labute approximate surface area is 99.8 Å². The van der Waals surface area contributed by atoms with Gasteiger partial charge in [0, 0.05) is 11.8 Å². The fraction of sp³-hybridized carbons (Fsp3) is 0.0909. The van der Waals surface area contributed by atoms with Crippen LogP contribution in [0.1, 0.15) is 5.56 Å². The normalized spacial score (nSPS) is 10.8. The molecular weight excluding hydrogens is 222 g/mol. The first kappa shape index (κ1) is 12.2. The van der Waals surface area contributed by atoms with E-state index in [2.05, 4.69) is 22.7 Å². The lowest BCUT2D eigenvalue weighted by atomic mass is 10.2. The van der Waals surface area contributed by atoms with Gasteiger partial charge in [-0.05, 0) is 30.4 Å². The van der Waals surface area contributed by atoms with Crippen molar-refractivity contribution in [2.75, 3.05) is 7.11 Å². The number of rotatable bonds is 4. The number of hydrogen-bond acceptors (Lipinski definition) is 3. The Morgan fingerprint density at radius 3 is 2.94 bits per heavy atom. The molecule has 16 heavy (non-hydrogen) atoms. The van der Waals surface area contributed by atoms with Crippen molar-refractivity contribution >= 4 is 29.6 Å². The smallest absolute Gasteiger partial charge is 0.184 e. The third-order valence-electron chi connectivity index (χ3n) is 1.75. The molecule has 0 amide bonds. The summed E-state index contributed by atoms with van der Waals surface area (Å²) in [5, 5.41) is 3.91. The maximum atomic E-state index is 5.19. The Morgan fingerprint density at radius 2 is 2.25 bits per heavy atom. The summed E-state index contributed by atoms with van der Waals surface area (Å²) in [6.07, 6.45) is 5.21. The van der Waals surface area contributed by atoms with E-state index < -0.39 is 0 Å². The van der Waals surface area contributed by atoms with Gasteiger partial charge in [0.15, 0.2) is 5.11 Å². The van der Waals surface area contributed by atoms with E-state index in [1.54, 1.807) is 19.4 Å². The van der Waals surface area contributed by atoms with Crippen LogP contribution in [0.5, 0.6) is 5.75 Å². The second-order valence-electron chi connectivity index (χ2n) is 2.86. The molecule has 0 aromatic heterocycles. The van der Waals surface area contributed by atoms with E-state index in [9.17, 15) is 0 Å². The van der Waals surface area contributed by atoms with Gasteiger partial charge in [0.05, 0.1) is 7.11 Å². The first-order valence-electron chi connectivity index (χ1n) is 4.62. The molecule has 0 saturated carbocycles. The highest BCUT2D eigenvalue weighted by atomic mass is 32.1. The van der Waals surface area contributed by atoms with Crippen LogP contribution in [0.2, 0.25) is 0 Å². The summed E-state index contributed by atoms with van der Waals surface area (Å²) in [4.78, 5) is 0. The number of thiocarbonyl (C=S) groups is 1. The fourth-order valence-corrected chi connectivity index (χ4v) is 1.15. The molecule has 1 aromatic carbocycles. The number of allylic oxidation sites excluding steroid dienone is 1. The van der Waals surface area contributed by atoms with Crippen LogP contribution in [0.25, 0.3) is 6.08 Å². The summed E-state index contributed by atoms with van der Waals surface area (Å²) in [5.74, 6) is 0.814. The molecule has 0 unspecified atom stereocenters. The summed E-state index contributed by atoms with van der Waals surface area (Å²) in [5.41, 5.74) is 8.63. The van der Waals surface area contributed by atoms with Crippen LogP contribution in [-0.2, 0) is 0 Å². The van der Waals surface area contributed by atoms with Crippen molar-refractivity contribution in [3.05, 3.63) is 35.9 Å². The number of methoxy groups -OCH3 is 1. The molecule has 0 radical (unpaired) electrons. The average molecular weight is 235 g/mol. The SMILES string of the molecule is COc1ccccc1C=CC=NNC(N)=S. The van der Waals surface area contributed by atoms with E-state index >= 15 is 0 Å². The Hall–Kier alpha value is -1.88. The van der Waals surface area contributed by atoms with Crippen LogP contribution >= 0.6 is 12.2 Å². The van der Waals surface area contributed by atoms with Crippen LogP contribution in [0.3, 0.4) is 0 Å². The molecule has 4 nitrogen and oxygen atoms in total. The summed E-state index contributed by atoms with van der Waals surface area (Å²) < 4.78 is 5.19. The van der Waals surface area contributed by atoms with Crippen molar-refractivity contribution in [2.24, 2.45) is 10.8 Å². The molecule has 0 fully saturated rings. The zero-order valence-corrected chi connectivity index (χ0v) is 9.70. The van der Waals surface area contributed by atoms with Crippen LogP contribution in [0.4, 0.5) is 0 Å². The van der Waals surface area contributed by atoms with Gasteiger partial charge in [-0.3, -0.25) is 5.43 Å². The zero-order chi connectivity index (χ0) is 11.8. The van der Waals surface area contributed by atoms with Crippen LogP contribution in [0, 0.1) is 0 Å². The minimum atomic E-state index is 0.141. The molecule has 1 rings (SSSR count). The molecule has 0 heterocycles. The number of ether oxygens (including phenoxy) is 1. The number of hydrazone groups is 1. The number of nitrogens with one attached hydrogen (secondary N) is 1. The standard InChI is InChI=1S/C11H13N3OS/c1-15-10-7-3-2-5-9(10)6-4-8-13-14-11(12)16/h2-8H,1H3,(H3,12,14,16). The van der Waals surface area contributed by atoms with E-state index in [0.717, 1.165) is 11.3 Å². The van der Waals surface area contributed by atoms with E-state index in [1.165, 1.54) is 0 Å². The molecule has 1 aromatic rings. The van der Waals surface area contributed by atoms with Crippen molar-refractivity contribution in [1.29, 1.82) is 0 Å². The third-order valence-corrected chi connectivity index (χ3v) is 1.84. The number of nitrogens with two attached hydrogens (primary N) is 1. The first-order valence-corrected chi connectivity index (χ1v) is 5.03. The lowest BCUT2D eigenvalue weighted by molar-refractivity contribution is 0.414. The number of para-hydroxylation sites is 1. The van der Waals surface area contributed by atoms with Gasteiger partial charge in [-0.25, -0.2) is 0 Å². The Kier molecular flexibility index (Phi) is 5.01. The molecule has 0 spiro atoms. The molecule has 84 valence electrons. The molecule has 0 bridgehead atoms. The Balaban J connectivity index is 2.62. The zero-order valence-electron chi connectivity index (χ0n) is 8.88. The third kappa shape index (κ3) is 4.10. The van der Waals surface area contributed by atoms with Crippen LogP contribution in [-0.4, -0.2) is 18.4 Å². The van der Waals surface area contributed by atoms with E-state index in [-0.39, 0.29) is 5.11 Å². The Bertz CT molecular complexity index is 415. The molecule has 0 aliphatic heterocycles. The number of benzene rings is 1. The monoisotopic (exact) mass is 235 g/mol. The maximum Gasteiger partial charge on any atom is 0.184 e. The summed E-state index contributed by atoms with van der Waals surface area (Å²) >= 11 is 4.59. The minimum Gasteiger partial charge on any atom is -0.496 e. The van der Waals surface area contributed by atoms with Gasteiger partial charge < -0.3 is 10.5 Å². The quantitative estimate of drug-likeness (QED) is 0.472. The van der Waals surface area contributed by atoms with Gasteiger partial charge in [-0.2, -0.15) is 5.10 Å². The number of nitrogens with zero attached hydrogens (tertiary/aromatic N) is 1. The fourth-order valence-electron chi connectivity index (χ4n) is 1.09. The van der Waals surface area contributed by atoms with E-state index in [1.807, 2.05) is 30.3 Å². The van der Waals surface area contributed by atoms with Gasteiger partial charge in [-0.15, -0.1) is 0 Å². The lowest BCUT2D eigenvalue weighted by Crippen LogP contribution is -2.23. The highest BCUT2D eigenvalue weighted by molar-refractivity contribution is 7.80. The molecule has 0 saturated heterocycles. The van der Waals surface area contributed by atoms with Crippen LogP contribution < -0.4 is 15.9 Å². The highest BCUT2D eigenvalue weighted by Gasteiger charge is 1.94. The molecule has 3 N–H and O–H groups in total. The van der Waals surface area contributed by atoms with Gasteiger partial charge in [0.1, 0.15) is 5.75 Å². The summed E-state index contributed by atoms with van der Waals surface area (Å²) in [6, 6.07) is 7.69. The molecular formula is C11H13N3OS. The average Bonchev–Trinajstić information content (AvgIpc) is 2.29. The first-order chi connectivity index (χ1) is 7.74. The largest absolute Gasteiger partial charge is 0.496 e. The highest BCUT2D eigenvalue weighted by Crippen LogP contribution is 2.18. The minimum absolute atomic E-state index is 0.141. The predicted octanol–water partition coefficient (Wildman–Crippen LogP) is 1.53. The molecule has 0 aliphatic rings. The van der Waals surface area contributed by atoms with E-state index in [4.69, 9.17) is 10.5 Å². The van der Waals surface area contributed by atoms with Crippen molar-refractivity contribution in [3.63, 3.8) is 0 Å². The van der Waals surface area contributed by atoms with Crippen molar-refractivity contribution in [2.45, 2.75) is 0 Å². The van der Waals surface area contributed by atoms with Crippen molar-refractivity contribution < 1.29 is 4.74 Å². The molecule has 0 atom stereocenters. The van der Waals surface area contributed by atoms with Crippen molar-refractivity contribution in [1.82, 2.24) is 5.43 Å². The summed E-state index contributed by atoms with van der Waals surface area (Å²) in [6.45, 7) is 0. The second kappa shape index (κ2) is 6.58. The van der Waals surface area contributed by atoms with E-state index in [0.29, 0.717) is 0 Å². The Morgan fingerprint density at radius 1 is 1.50 bits per heavy atom. The van der Waals surface area contributed by atoms with Gasteiger partial charge in [0.25, 0.3) is 0 Å².